The highest BCUT2D eigenvalue weighted by Crippen LogP contribution is 2.44. The predicted molar refractivity (Wildman–Crippen MR) is 81.9 cm³/mol. The van der Waals surface area contributed by atoms with Crippen molar-refractivity contribution in [2.75, 3.05) is 20.8 Å². The van der Waals surface area contributed by atoms with Crippen molar-refractivity contribution in [1.29, 1.82) is 0 Å². The van der Waals surface area contributed by atoms with E-state index < -0.39 is 5.92 Å². The van der Waals surface area contributed by atoms with Gasteiger partial charge in [0.15, 0.2) is 17.3 Å². The van der Waals surface area contributed by atoms with Crippen molar-refractivity contribution < 1.29 is 29.2 Å². The number of ether oxygens (including phenoxy) is 3. The average molecular weight is 316 g/mol. The fourth-order valence-corrected chi connectivity index (χ4v) is 2.69. The minimum absolute atomic E-state index is 0.0150. The molecule has 1 aliphatic heterocycles. The van der Waals surface area contributed by atoms with Gasteiger partial charge in [-0.15, -0.1) is 0 Å². The smallest absolute Gasteiger partial charge is 0.203 e. The zero-order valence-corrected chi connectivity index (χ0v) is 12.7. The van der Waals surface area contributed by atoms with E-state index in [1.165, 1.54) is 38.5 Å². The summed E-state index contributed by atoms with van der Waals surface area (Å²) in [4.78, 5) is 12.8. The first kappa shape index (κ1) is 15.0. The molecule has 1 heterocycles. The van der Waals surface area contributed by atoms with Crippen LogP contribution in [0.3, 0.4) is 0 Å². The van der Waals surface area contributed by atoms with Gasteiger partial charge in [0.25, 0.3) is 0 Å². The number of Topliss-reactive ketones (excluding diaryl/α,β-unsaturated/α-hetero) is 1. The molecule has 6 heteroatoms. The molecular formula is C17H16O6. The van der Waals surface area contributed by atoms with E-state index in [2.05, 4.69) is 0 Å². The lowest BCUT2D eigenvalue weighted by atomic mass is 9.88. The number of benzene rings is 2. The molecule has 120 valence electrons. The van der Waals surface area contributed by atoms with Crippen LogP contribution in [0.4, 0.5) is 0 Å². The zero-order valence-electron chi connectivity index (χ0n) is 12.7. The summed E-state index contributed by atoms with van der Waals surface area (Å²) in [6, 6.07) is 7.56. The first-order valence-corrected chi connectivity index (χ1v) is 7.00. The standard InChI is InChI=1S/C17H16O6/c1-21-11-6-9(5-10(18)7-11)13-8-23-16-12(15(13)20)3-4-14(19)17(16)22-2/h3-7,13,18-19H,8H2,1-2H3. The monoisotopic (exact) mass is 316 g/mol. The summed E-state index contributed by atoms with van der Waals surface area (Å²) in [7, 11) is 2.88. The van der Waals surface area contributed by atoms with Crippen LogP contribution >= 0.6 is 0 Å². The second-order valence-electron chi connectivity index (χ2n) is 5.19. The number of fused-ring (bicyclic) bond motifs is 1. The lowest BCUT2D eigenvalue weighted by molar-refractivity contribution is 0.0892. The normalized spacial score (nSPS) is 16.4. The number of carbonyl (C=O) groups is 1. The maximum Gasteiger partial charge on any atom is 0.203 e. The summed E-state index contributed by atoms with van der Waals surface area (Å²) in [5, 5.41) is 19.5. The number of aromatic hydroxyl groups is 2. The van der Waals surface area contributed by atoms with Crippen molar-refractivity contribution in [3.8, 4) is 28.7 Å². The van der Waals surface area contributed by atoms with Gasteiger partial charge in [-0.25, -0.2) is 0 Å². The molecule has 0 aromatic heterocycles. The highest BCUT2D eigenvalue weighted by Gasteiger charge is 2.33. The molecular weight excluding hydrogens is 300 g/mol. The van der Waals surface area contributed by atoms with Crippen molar-refractivity contribution >= 4 is 5.78 Å². The molecule has 0 aliphatic carbocycles. The molecule has 2 aromatic rings. The molecule has 1 unspecified atom stereocenters. The number of carbonyl (C=O) groups excluding carboxylic acids is 1. The molecule has 0 bridgehead atoms. The highest BCUT2D eigenvalue weighted by atomic mass is 16.5. The third kappa shape index (κ3) is 2.52. The van der Waals surface area contributed by atoms with E-state index in [0.29, 0.717) is 16.9 Å². The topological polar surface area (TPSA) is 85.2 Å². The van der Waals surface area contributed by atoms with Gasteiger partial charge in [0, 0.05) is 6.07 Å². The summed E-state index contributed by atoms with van der Waals surface area (Å²) in [5.74, 6) is 0.0262. The van der Waals surface area contributed by atoms with Crippen molar-refractivity contribution in [1.82, 2.24) is 0 Å². The van der Waals surface area contributed by atoms with E-state index in [4.69, 9.17) is 14.2 Å². The maximum absolute atomic E-state index is 12.8. The molecule has 0 saturated heterocycles. The van der Waals surface area contributed by atoms with Crippen LogP contribution in [0, 0.1) is 0 Å². The summed E-state index contributed by atoms with van der Waals surface area (Å²) in [6.07, 6.45) is 0. The summed E-state index contributed by atoms with van der Waals surface area (Å²) < 4.78 is 15.9. The molecule has 0 spiro atoms. The summed E-state index contributed by atoms with van der Waals surface area (Å²) in [6.45, 7) is 0.0816. The van der Waals surface area contributed by atoms with Crippen LogP contribution in [0.15, 0.2) is 30.3 Å². The number of methoxy groups -OCH3 is 2. The molecule has 2 N–H and O–H groups in total. The minimum Gasteiger partial charge on any atom is -0.508 e. The fourth-order valence-electron chi connectivity index (χ4n) is 2.69. The fraction of sp³-hybridized carbons (Fsp3) is 0.235. The molecule has 3 rings (SSSR count). The van der Waals surface area contributed by atoms with E-state index in [0.717, 1.165) is 0 Å². The quantitative estimate of drug-likeness (QED) is 0.905. The van der Waals surface area contributed by atoms with E-state index in [1.807, 2.05) is 0 Å². The van der Waals surface area contributed by atoms with Gasteiger partial charge in [-0.3, -0.25) is 4.79 Å². The number of hydrogen-bond acceptors (Lipinski definition) is 6. The second kappa shape index (κ2) is 5.72. The lowest BCUT2D eigenvalue weighted by Crippen LogP contribution is -2.26. The molecule has 2 aromatic carbocycles. The number of phenols is 2. The molecule has 0 saturated carbocycles. The van der Waals surface area contributed by atoms with Gasteiger partial charge >= 0.3 is 0 Å². The molecule has 6 nitrogen and oxygen atoms in total. The Bertz CT molecular complexity index is 768. The maximum atomic E-state index is 12.8. The Morgan fingerprint density at radius 2 is 1.91 bits per heavy atom. The molecule has 1 aliphatic rings. The Labute approximate surface area is 132 Å². The number of ketones is 1. The van der Waals surface area contributed by atoms with Gasteiger partial charge in [0.1, 0.15) is 18.1 Å². The highest BCUT2D eigenvalue weighted by molar-refractivity contribution is 6.05. The van der Waals surface area contributed by atoms with Crippen LogP contribution < -0.4 is 14.2 Å². The molecule has 1 atom stereocenters. The van der Waals surface area contributed by atoms with Gasteiger partial charge < -0.3 is 24.4 Å². The van der Waals surface area contributed by atoms with Crippen LogP contribution in [0.2, 0.25) is 0 Å². The molecule has 23 heavy (non-hydrogen) atoms. The number of phenolic OH excluding ortho intramolecular Hbond substituents is 2. The second-order valence-corrected chi connectivity index (χ2v) is 5.19. The largest absolute Gasteiger partial charge is 0.508 e. The SMILES string of the molecule is COc1cc(O)cc(C2COc3c(ccc(O)c3OC)C2=O)c1. The average Bonchev–Trinajstić information content (AvgIpc) is 2.54. The van der Waals surface area contributed by atoms with Crippen molar-refractivity contribution in [3.63, 3.8) is 0 Å². The molecule has 0 fully saturated rings. The zero-order chi connectivity index (χ0) is 16.6. The van der Waals surface area contributed by atoms with Crippen LogP contribution in [0.25, 0.3) is 0 Å². The number of rotatable bonds is 3. The van der Waals surface area contributed by atoms with Crippen molar-refractivity contribution in [3.05, 3.63) is 41.5 Å². The molecule has 0 radical (unpaired) electrons. The van der Waals surface area contributed by atoms with Gasteiger partial charge in [0.05, 0.1) is 25.7 Å². The Morgan fingerprint density at radius 1 is 1.13 bits per heavy atom. The van der Waals surface area contributed by atoms with Crippen LogP contribution in [0.1, 0.15) is 21.8 Å². The van der Waals surface area contributed by atoms with Crippen molar-refractivity contribution in [2.45, 2.75) is 5.92 Å². The summed E-state index contributed by atoms with van der Waals surface area (Å²) >= 11 is 0. The Morgan fingerprint density at radius 3 is 2.61 bits per heavy atom. The lowest BCUT2D eigenvalue weighted by Gasteiger charge is -2.26. The van der Waals surface area contributed by atoms with E-state index in [1.54, 1.807) is 6.07 Å². The van der Waals surface area contributed by atoms with Gasteiger partial charge in [-0.2, -0.15) is 0 Å². The summed E-state index contributed by atoms with van der Waals surface area (Å²) in [5.41, 5.74) is 0.933. The van der Waals surface area contributed by atoms with E-state index in [9.17, 15) is 15.0 Å². The van der Waals surface area contributed by atoms with Gasteiger partial charge in [-0.1, -0.05) is 0 Å². The van der Waals surface area contributed by atoms with E-state index in [-0.39, 0.29) is 35.4 Å². The van der Waals surface area contributed by atoms with Crippen molar-refractivity contribution in [2.24, 2.45) is 0 Å². The van der Waals surface area contributed by atoms with E-state index >= 15 is 0 Å². The predicted octanol–water partition coefficient (Wildman–Crippen LogP) is 2.47. The first-order valence-electron chi connectivity index (χ1n) is 7.00. The Kier molecular flexibility index (Phi) is 3.73. The third-order valence-corrected chi connectivity index (χ3v) is 3.82. The minimum atomic E-state index is -0.572. The molecule has 0 amide bonds. The van der Waals surface area contributed by atoms with Crippen LogP contribution in [0.5, 0.6) is 28.7 Å². The van der Waals surface area contributed by atoms with Crippen LogP contribution in [-0.4, -0.2) is 36.8 Å². The van der Waals surface area contributed by atoms with Gasteiger partial charge in [0.2, 0.25) is 5.75 Å². The Balaban J connectivity index is 2.03. The number of hydrogen-bond donors (Lipinski definition) is 2. The Hall–Kier alpha value is -2.89. The third-order valence-electron chi connectivity index (χ3n) is 3.82. The first-order chi connectivity index (χ1) is 11.0. The van der Waals surface area contributed by atoms with Gasteiger partial charge in [-0.05, 0) is 29.8 Å². The van der Waals surface area contributed by atoms with Crippen LogP contribution in [-0.2, 0) is 0 Å².